The van der Waals surface area contributed by atoms with Gasteiger partial charge < -0.3 is 24.2 Å². The molecule has 0 aliphatic rings. The first kappa shape index (κ1) is 19.8. The molecule has 30 heavy (non-hydrogen) atoms. The normalized spacial score (nSPS) is 12.0. The van der Waals surface area contributed by atoms with Gasteiger partial charge in [0, 0.05) is 17.0 Å². The third-order valence-electron chi connectivity index (χ3n) is 4.48. The molecule has 9 heteroatoms. The number of nitrogens with zero attached hydrogens (tertiary/aromatic N) is 2. The molecule has 8 nitrogen and oxygen atoms in total. The molecule has 0 radical (unpaired) electrons. The number of para-hydroxylation sites is 1. The SMILES string of the molecule is COc1ccc(NC(=O)C(C)Sc2nnc(-c3cc4ccccc4[nH]3)o2)c(OC)c1. The van der Waals surface area contributed by atoms with E-state index in [2.05, 4.69) is 20.5 Å². The van der Waals surface area contributed by atoms with Crippen LogP contribution >= 0.6 is 11.8 Å². The maximum atomic E-state index is 12.6. The van der Waals surface area contributed by atoms with Crippen molar-refractivity contribution >= 4 is 34.3 Å². The molecule has 1 atom stereocenters. The number of rotatable bonds is 7. The van der Waals surface area contributed by atoms with Crippen LogP contribution in [0.3, 0.4) is 0 Å². The van der Waals surface area contributed by atoms with E-state index in [4.69, 9.17) is 13.9 Å². The van der Waals surface area contributed by atoms with Crippen LogP contribution in [-0.2, 0) is 4.79 Å². The van der Waals surface area contributed by atoms with Crippen LogP contribution in [0.25, 0.3) is 22.5 Å². The number of carbonyl (C=O) groups excluding carboxylic acids is 1. The maximum absolute atomic E-state index is 12.6. The Hall–Kier alpha value is -3.46. The number of hydrogen-bond donors (Lipinski definition) is 2. The first-order valence-corrected chi connectivity index (χ1v) is 10.1. The van der Waals surface area contributed by atoms with E-state index in [1.165, 1.54) is 18.9 Å². The van der Waals surface area contributed by atoms with Crippen molar-refractivity contribution < 1.29 is 18.7 Å². The number of ether oxygens (including phenoxy) is 2. The second-order valence-electron chi connectivity index (χ2n) is 6.46. The van der Waals surface area contributed by atoms with Crippen LogP contribution in [-0.4, -0.2) is 40.6 Å². The summed E-state index contributed by atoms with van der Waals surface area (Å²) in [7, 11) is 3.10. The van der Waals surface area contributed by atoms with Crippen LogP contribution in [0.1, 0.15) is 6.92 Å². The maximum Gasteiger partial charge on any atom is 0.277 e. The molecule has 2 aromatic heterocycles. The van der Waals surface area contributed by atoms with Crippen molar-refractivity contribution in [3.05, 3.63) is 48.5 Å². The van der Waals surface area contributed by atoms with E-state index in [1.807, 2.05) is 30.3 Å². The zero-order chi connectivity index (χ0) is 21.1. The summed E-state index contributed by atoms with van der Waals surface area (Å²) in [4.78, 5) is 15.9. The average Bonchev–Trinajstić information content (AvgIpc) is 3.40. The van der Waals surface area contributed by atoms with Crippen LogP contribution < -0.4 is 14.8 Å². The Morgan fingerprint density at radius 3 is 2.73 bits per heavy atom. The van der Waals surface area contributed by atoms with Crippen LogP contribution in [0, 0.1) is 0 Å². The number of H-pyrrole nitrogens is 1. The highest BCUT2D eigenvalue weighted by Crippen LogP contribution is 2.31. The second-order valence-corrected chi connectivity index (χ2v) is 7.75. The van der Waals surface area contributed by atoms with Crippen LogP contribution in [0.2, 0.25) is 0 Å². The highest BCUT2D eigenvalue weighted by atomic mass is 32.2. The highest BCUT2D eigenvalue weighted by molar-refractivity contribution is 8.00. The lowest BCUT2D eigenvalue weighted by molar-refractivity contribution is -0.115. The Bertz CT molecular complexity index is 1150. The summed E-state index contributed by atoms with van der Waals surface area (Å²) in [5.41, 5.74) is 2.27. The Kier molecular flexibility index (Phi) is 5.62. The van der Waals surface area contributed by atoms with Gasteiger partial charge in [-0.3, -0.25) is 4.79 Å². The van der Waals surface area contributed by atoms with Gasteiger partial charge in [0.15, 0.2) is 0 Å². The van der Waals surface area contributed by atoms with Crippen molar-refractivity contribution in [3.63, 3.8) is 0 Å². The molecule has 0 aliphatic heterocycles. The number of thioether (sulfide) groups is 1. The quantitative estimate of drug-likeness (QED) is 0.425. The van der Waals surface area contributed by atoms with Crippen LogP contribution in [0.4, 0.5) is 5.69 Å². The standard InChI is InChI=1S/C21H20N4O4S/c1-12(19(26)23-16-9-8-14(27-2)11-18(16)28-3)30-21-25-24-20(29-21)17-10-13-6-4-5-7-15(13)22-17/h4-12,22H,1-3H3,(H,23,26). The van der Waals surface area contributed by atoms with Crippen molar-refractivity contribution in [3.8, 4) is 23.1 Å². The number of carbonyl (C=O) groups is 1. The van der Waals surface area contributed by atoms with E-state index in [0.29, 0.717) is 28.3 Å². The molecule has 0 saturated carbocycles. The number of amides is 1. The summed E-state index contributed by atoms with van der Waals surface area (Å²) in [6, 6.07) is 15.0. The minimum absolute atomic E-state index is 0.214. The Morgan fingerprint density at radius 1 is 1.13 bits per heavy atom. The monoisotopic (exact) mass is 424 g/mol. The fraction of sp³-hybridized carbons (Fsp3) is 0.190. The molecular weight excluding hydrogens is 404 g/mol. The van der Waals surface area contributed by atoms with E-state index < -0.39 is 5.25 Å². The van der Waals surface area contributed by atoms with Crippen molar-refractivity contribution in [2.24, 2.45) is 0 Å². The summed E-state index contributed by atoms with van der Waals surface area (Å²) >= 11 is 1.18. The first-order valence-electron chi connectivity index (χ1n) is 9.18. The van der Waals surface area contributed by atoms with E-state index in [0.717, 1.165) is 16.6 Å². The number of hydrogen-bond acceptors (Lipinski definition) is 7. The van der Waals surface area contributed by atoms with Crippen molar-refractivity contribution in [1.29, 1.82) is 0 Å². The van der Waals surface area contributed by atoms with Gasteiger partial charge in [-0.05, 0) is 31.2 Å². The molecule has 0 spiro atoms. The van der Waals surface area contributed by atoms with Gasteiger partial charge in [-0.2, -0.15) is 0 Å². The van der Waals surface area contributed by atoms with E-state index in [9.17, 15) is 4.79 Å². The smallest absolute Gasteiger partial charge is 0.277 e. The average molecular weight is 424 g/mol. The molecule has 0 saturated heterocycles. The summed E-state index contributed by atoms with van der Waals surface area (Å²) in [5, 5.41) is 11.9. The third kappa shape index (κ3) is 4.11. The molecule has 0 aliphatic carbocycles. The molecule has 0 fully saturated rings. The zero-order valence-electron chi connectivity index (χ0n) is 16.6. The molecule has 154 valence electrons. The predicted molar refractivity (Wildman–Crippen MR) is 115 cm³/mol. The molecular formula is C21H20N4O4S. The summed E-state index contributed by atoms with van der Waals surface area (Å²) in [6.45, 7) is 1.77. The number of fused-ring (bicyclic) bond motifs is 1. The van der Waals surface area contributed by atoms with Crippen LogP contribution in [0.15, 0.2) is 58.2 Å². The summed E-state index contributed by atoms with van der Waals surface area (Å²) in [5.74, 6) is 1.31. The Morgan fingerprint density at radius 2 is 1.97 bits per heavy atom. The number of aromatic amines is 1. The molecule has 4 aromatic rings. The topological polar surface area (TPSA) is 102 Å². The minimum atomic E-state index is -0.465. The van der Waals surface area contributed by atoms with E-state index in [1.54, 1.807) is 32.2 Å². The molecule has 2 N–H and O–H groups in total. The summed E-state index contributed by atoms with van der Waals surface area (Å²) < 4.78 is 16.2. The van der Waals surface area contributed by atoms with Gasteiger partial charge >= 0.3 is 0 Å². The van der Waals surface area contributed by atoms with Crippen molar-refractivity contribution in [1.82, 2.24) is 15.2 Å². The van der Waals surface area contributed by atoms with E-state index in [-0.39, 0.29) is 5.91 Å². The minimum Gasteiger partial charge on any atom is -0.497 e. The zero-order valence-corrected chi connectivity index (χ0v) is 17.4. The van der Waals surface area contributed by atoms with Gasteiger partial charge in [0.2, 0.25) is 5.91 Å². The highest BCUT2D eigenvalue weighted by Gasteiger charge is 2.20. The number of nitrogens with one attached hydrogen (secondary N) is 2. The van der Waals surface area contributed by atoms with Gasteiger partial charge in [0.1, 0.15) is 17.2 Å². The van der Waals surface area contributed by atoms with Gasteiger partial charge in [0.05, 0.1) is 25.2 Å². The Balaban J connectivity index is 1.44. The van der Waals surface area contributed by atoms with Crippen LogP contribution in [0.5, 0.6) is 11.5 Å². The van der Waals surface area contributed by atoms with Crippen molar-refractivity contribution in [2.45, 2.75) is 17.4 Å². The summed E-state index contributed by atoms with van der Waals surface area (Å²) in [6.07, 6.45) is 0. The van der Waals surface area contributed by atoms with E-state index >= 15 is 0 Å². The fourth-order valence-corrected chi connectivity index (χ4v) is 3.58. The largest absolute Gasteiger partial charge is 0.497 e. The molecule has 2 heterocycles. The Labute approximate surface area is 177 Å². The van der Waals surface area contributed by atoms with Gasteiger partial charge in [-0.1, -0.05) is 30.0 Å². The molecule has 0 bridgehead atoms. The second kappa shape index (κ2) is 8.50. The van der Waals surface area contributed by atoms with Gasteiger partial charge in [-0.15, -0.1) is 10.2 Å². The van der Waals surface area contributed by atoms with Gasteiger partial charge in [0.25, 0.3) is 11.1 Å². The third-order valence-corrected chi connectivity index (χ3v) is 5.41. The number of aromatic nitrogens is 3. The lowest BCUT2D eigenvalue weighted by Gasteiger charge is -2.13. The first-order chi connectivity index (χ1) is 14.6. The lowest BCUT2D eigenvalue weighted by atomic mass is 10.2. The van der Waals surface area contributed by atoms with Crippen molar-refractivity contribution in [2.75, 3.05) is 19.5 Å². The molecule has 1 amide bonds. The number of anilines is 1. The fourth-order valence-electron chi connectivity index (χ4n) is 2.90. The molecule has 2 aromatic carbocycles. The lowest BCUT2D eigenvalue weighted by Crippen LogP contribution is -2.22. The number of methoxy groups -OCH3 is 2. The number of benzene rings is 2. The predicted octanol–water partition coefficient (Wildman–Crippen LogP) is 4.35. The molecule has 4 rings (SSSR count). The van der Waals surface area contributed by atoms with Gasteiger partial charge in [-0.25, -0.2) is 0 Å². The molecule has 1 unspecified atom stereocenters.